The van der Waals surface area contributed by atoms with Gasteiger partial charge in [0.15, 0.2) is 0 Å². The summed E-state index contributed by atoms with van der Waals surface area (Å²) >= 11 is 1.70. The van der Waals surface area contributed by atoms with Crippen LogP contribution < -0.4 is 5.32 Å². The first-order valence-corrected chi connectivity index (χ1v) is 7.07. The summed E-state index contributed by atoms with van der Waals surface area (Å²) in [5.41, 5.74) is -1.37. The molecule has 1 aliphatic rings. The highest BCUT2D eigenvalue weighted by molar-refractivity contribution is 7.09. The van der Waals surface area contributed by atoms with Crippen molar-refractivity contribution in [3.63, 3.8) is 0 Å². The van der Waals surface area contributed by atoms with E-state index in [4.69, 9.17) is 4.74 Å². The Balaban J connectivity index is 2.18. The molecule has 18 heavy (non-hydrogen) atoms. The lowest BCUT2D eigenvalue weighted by molar-refractivity contribution is -0.0767. The molecule has 1 aromatic heterocycles. The second-order valence-electron chi connectivity index (χ2n) is 6.00. The Morgan fingerprint density at radius 3 is 2.61 bits per heavy atom. The minimum absolute atomic E-state index is 0.262. The molecule has 4 heteroatoms. The molecule has 0 bridgehead atoms. The molecule has 1 fully saturated rings. The molecule has 0 aliphatic carbocycles. The predicted molar refractivity (Wildman–Crippen MR) is 73.4 cm³/mol. The first-order chi connectivity index (χ1) is 8.30. The highest BCUT2D eigenvalue weighted by atomic mass is 32.1. The molecule has 0 aromatic carbocycles. The molecule has 3 nitrogen and oxygen atoms in total. The van der Waals surface area contributed by atoms with E-state index >= 15 is 0 Å². The van der Waals surface area contributed by atoms with Crippen LogP contribution in [0.2, 0.25) is 0 Å². The highest BCUT2D eigenvalue weighted by Gasteiger charge is 2.57. The first kappa shape index (κ1) is 13.5. The SMILES string of the molecule is CC1(C)CC(C#N)(NCc2cccs2)C(C)(C)O1. The summed E-state index contributed by atoms with van der Waals surface area (Å²) in [5.74, 6) is 0. The summed E-state index contributed by atoms with van der Waals surface area (Å²) in [5, 5.41) is 15.1. The van der Waals surface area contributed by atoms with Gasteiger partial charge in [-0.3, -0.25) is 5.32 Å². The number of hydrogen-bond acceptors (Lipinski definition) is 4. The Hall–Kier alpha value is -0.890. The van der Waals surface area contributed by atoms with E-state index in [1.165, 1.54) is 4.88 Å². The van der Waals surface area contributed by atoms with Crippen LogP contribution in [0, 0.1) is 11.3 Å². The van der Waals surface area contributed by atoms with E-state index in [1.807, 2.05) is 33.8 Å². The van der Waals surface area contributed by atoms with Gasteiger partial charge in [-0.1, -0.05) is 6.07 Å². The number of nitrogens with one attached hydrogen (secondary N) is 1. The molecule has 1 saturated heterocycles. The number of hydrogen-bond donors (Lipinski definition) is 1. The second-order valence-corrected chi connectivity index (χ2v) is 7.03. The molecule has 2 heterocycles. The van der Waals surface area contributed by atoms with E-state index in [9.17, 15) is 5.26 Å². The molecule has 1 aliphatic heterocycles. The monoisotopic (exact) mass is 264 g/mol. The topological polar surface area (TPSA) is 45.0 Å². The molecule has 2 rings (SSSR count). The Labute approximate surface area is 113 Å². The molecule has 0 spiro atoms. The van der Waals surface area contributed by atoms with Crippen LogP contribution >= 0.6 is 11.3 Å². The summed E-state index contributed by atoms with van der Waals surface area (Å²) in [7, 11) is 0. The van der Waals surface area contributed by atoms with Crippen molar-refractivity contribution >= 4 is 11.3 Å². The minimum atomic E-state index is -0.625. The third-order valence-electron chi connectivity index (χ3n) is 3.59. The van der Waals surface area contributed by atoms with E-state index in [0.717, 1.165) is 0 Å². The van der Waals surface area contributed by atoms with Crippen molar-refractivity contribution in [3.05, 3.63) is 22.4 Å². The zero-order valence-corrected chi connectivity index (χ0v) is 12.2. The lowest BCUT2D eigenvalue weighted by Gasteiger charge is -2.34. The number of nitriles is 1. The second kappa shape index (κ2) is 4.34. The average Bonchev–Trinajstić information content (AvgIpc) is 2.80. The minimum Gasteiger partial charge on any atom is -0.367 e. The summed E-state index contributed by atoms with van der Waals surface area (Å²) in [6.45, 7) is 8.79. The van der Waals surface area contributed by atoms with Gasteiger partial charge < -0.3 is 4.74 Å². The van der Waals surface area contributed by atoms with Crippen molar-refractivity contribution < 1.29 is 4.74 Å². The molecular weight excluding hydrogens is 244 g/mol. The van der Waals surface area contributed by atoms with Crippen LogP contribution in [0.25, 0.3) is 0 Å². The predicted octanol–water partition coefficient (Wildman–Crippen LogP) is 3.08. The Bertz CT molecular complexity index is 459. The molecule has 1 aromatic rings. The summed E-state index contributed by atoms with van der Waals surface area (Å²) < 4.78 is 6.03. The fraction of sp³-hybridized carbons (Fsp3) is 0.643. The van der Waals surface area contributed by atoms with Crippen molar-refractivity contribution in [1.29, 1.82) is 5.26 Å². The number of thiophene rings is 1. The Kier molecular flexibility index (Phi) is 3.26. The van der Waals surface area contributed by atoms with Gasteiger partial charge in [-0.15, -0.1) is 11.3 Å². The molecule has 1 N–H and O–H groups in total. The zero-order valence-electron chi connectivity index (χ0n) is 11.4. The van der Waals surface area contributed by atoms with Gasteiger partial charge in [0.1, 0.15) is 5.54 Å². The summed E-state index contributed by atoms with van der Waals surface area (Å²) in [6.07, 6.45) is 0.703. The van der Waals surface area contributed by atoms with Gasteiger partial charge in [0.2, 0.25) is 0 Å². The largest absolute Gasteiger partial charge is 0.367 e. The normalized spacial score (nSPS) is 29.1. The van der Waals surface area contributed by atoms with E-state index in [0.29, 0.717) is 13.0 Å². The maximum atomic E-state index is 9.62. The maximum absolute atomic E-state index is 9.62. The fourth-order valence-corrected chi connectivity index (χ4v) is 3.45. The van der Waals surface area contributed by atoms with Gasteiger partial charge in [0.05, 0.1) is 17.3 Å². The van der Waals surface area contributed by atoms with E-state index in [-0.39, 0.29) is 5.60 Å². The quantitative estimate of drug-likeness (QED) is 0.912. The van der Waals surface area contributed by atoms with Crippen LogP contribution in [0.5, 0.6) is 0 Å². The highest BCUT2D eigenvalue weighted by Crippen LogP contribution is 2.44. The third-order valence-corrected chi connectivity index (χ3v) is 4.46. The summed E-state index contributed by atoms with van der Waals surface area (Å²) in [6, 6.07) is 6.56. The first-order valence-electron chi connectivity index (χ1n) is 6.19. The molecule has 0 saturated carbocycles. The van der Waals surface area contributed by atoms with Crippen molar-refractivity contribution in [2.24, 2.45) is 0 Å². The number of ether oxygens (including phenoxy) is 1. The van der Waals surface area contributed by atoms with Gasteiger partial charge in [-0.25, -0.2) is 0 Å². The standard InChI is InChI=1S/C14H20N2OS/c1-12(2)9-14(10-15,13(3,4)17-12)16-8-11-6-5-7-18-11/h5-7,16H,8-9H2,1-4H3. The smallest absolute Gasteiger partial charge is 0.138 e. The van der Waals surface area contributed by atoms with Crippen LogP contribution in [-0.2, 0) is 11.3 Å². The lowest BCUT2D eigenvalue weighted by Crippen LogP contribution is -2.55. The van der Waals surface area contributed by atoms with E-state index in [1.54, 1.807) is 11.3 Å². The number of rotatable bonds is 3. The lowest BCUT2D eigenvalue weighted by atomic mass is 9.80. The van der Waals surface area contributed by atoms with E-state index < -0.39 is 11.1 Å². The molecular formula is C14H20N2OS. The van der Waals surface area contributed by atoms with Gasteiger partial charge in [-0.2, -0.15) is 5.26 Å². The molecule has 1 atom stereocenters. The molecule has 98 valence electrons. The van der Waals surface area contributed by atoms with Gasteiger partial charge in [0, 0.05) is 17.8 Å². The zero-order chi connectivity index (χ0) is 13.4. The molecule has 1 unspecified atom stereocenters. The van der Waals surface area contributed by atoms with Crippen LogP contribution in [0.3, 0.4) is 0 Å². The number of nitrogens with zero attached hydrogens (tertiary/aromatic N) is 1. The average molecular weight is 264 g/mol. The van der Waals surface area contributed by atoms with Gasteiger partial charge in [0.25, 0.3) is 0 Å². The van der Waals surface area contributed by atoms with Crippen LogP contribution in [0.1, 0.15) is 39.0 Å². The van der Waals surface area contributed by atoms with Crippen molar-refractivity contribution in [2.75, 3.05) is 0 Å². The van der Waals surface area contributed by atoms with Gasteiger partial charge >= 0.3 is 0 Å². The molecule has 0 amide bonds. The summed E-state index contributed by atoms with van der Waals surface area (Å²) in [4.78, 5) is 1.24. The maximum Gasteiger partial charge on any atom is 0.138 e. The third kappa shape index (κ3) is 2.31. The fourth-order valence-electron chi connectivity index (χ4n) is 2.81. The van der Waals surface area contributed by atoms with Crippen LogP contribution in [0.4, 0.5) is 0 Å². The Morgan fingerprint density at radius 1 is 1.44 bits per heavy atom. The van der Waals surface area contributed by atoms with E-state index in [2.05, 4.69) is 22.8 Å². The van der Waals surface area contributed by atoms with Crippen molar-refractivity contribution in [1.82, 2.24) is 5.32 Å². The van der Waals surface area contributed by atoms with Crippen molar-refractivity contribution in [3.8, 4) is 6.07 Å². The van der Waals surface area contributed by atoms with Crippen molar-refractivity contribution in [2.45, 2.75) is 57.4 Å². The molecule has 0 radical (unpaired) electrons. The van der Waals surface area contributed by atoms with Crippen LogP contribution in [-0.4, -0.2) is 16.7 Å². The Morgan fingerprint density at radius 2 is 2.17 bits per heavy atom. The van der Waals surface area contributed by atoms with Crippen LogP contribution in [0.15, 0.2) is 17.5 Å². The van der Waals surface area contributed by atoms with Gasteiger partial charge in [-0.05, 0) is 39.1 Å².